The average molecular weight is 264 g/mol. The van der Waals surface area contributed by atoms with Crippen LogP contribution in [0.25, 0.3) is 0 Å². The van der Waals surface area contributed by atoms with Gasteiger partial charge in [0, 0.05) is 0 Å². The smallest absolute Gasteiger partial charge is 0.475 e. The maximum atomic E-state index is 10.6. The minimum absolute atomic E-state index is 0.153. The van der Waals surface area contributed by atoms with Crippen LogP contribution in [0, 0.1) is 0 Å². The van der Waals surface area contributed by atoms with Gasteiger partial charge in [-0.05, 0) is 0 Å². The van der Waals surface area contributed by atoms with Crippen molar-refractivity contribution in [1.29, 1.82) is 0 Å². The van der Waals surface area contributed by atoms with Crippen molar-refractivity contribution in [2.45, 2.75) is 30.8 Å². The Kier molecular flexibility index (Phi) is 5.78. The number of carboxylic acids is 1. The van der Waals surface area contributed by atoms with E-state index in [1.807, 2.05) is 0 Å². The molecule has 1 heterocycles. The molecule has 7 nitrogen and oxygen atoms in total. The number of hydrogen-bond acceptors (Lipinski definition) is 6. The first-order valence-corrected chi connectivity index (χ1v) is 4.21. The van der Waals surface area contributed by atoms with Gasteiger partial charge in [-0.15, -0.1) is 0 Å². The van der Waals surface area contributed by atoms with Crippen molar-refractivity contribution in [3.8, 4) is 0 Å². The molecule has 17 heavy (non-hydrogen) atoms. The number of aliphatic carboxylic acids is 1. The molecule has 0 aliphatic carbocycles. The molecule has 1 saturated heterocycles. The number of aliphatic hydroxyl groups excluding tert-OH is 4. The third kappa shape index (κ3) is 5.28. The third-order valence-corrected chi connectivity index (χ3v) is 1.72. The average Bonchev–Trinajstić information content (AvgIpc) is 2.20. The summed E-state index contributed by atoms with van der Waals surface area (Å²) >= 11 is 0. The van der Waals surface area contributed by atoms with E-state index in [-0.39, 0.29) is 6.61 Å². The van der Waals surface area contributed by atoms with Gasteiger partial charge in [0.05, 0.1) is 6.61 Å². The van der Waals surface area contributed by atoms with Gasteiger partial charge in [0.2, 0.25) is 0 Å². The molecule has 1 rings (SSSR count). The Morgan fingerprint density at radius 2 is 1.53 bits per heavy atom. The molecule has 1 aliphatic heterocycles. The quantitative estimate of drug-likeness (QED) is 0.344. The van der Waals surface area contributed by atoms with E-state index < -0.39 is 36.7 Å². The number of carboxylic acid groups (broad SMARTS) is 1. The summed E-state index contributed by atoms with van der Waals surface area (Å²) in [4.78, 5) is 8.90. The molecule has 102 valence electrons. The molecule has 5 N–H and O–H groups in total. The van der Waals surface area contributed by atoms with Crippen molar-refractivity contribution in [1.82, 2.24) is 0 Å². The molecule has 0 aromatic rings. The zero-order valence-corrected chi connectivity index (χ0v) is 8.20. The Balaban J connectivity index is 0.000000325. The minimum atomic E-state index is -5.08. The number of halogens is 3. The predicted octanol–water partition coefficient (Wildman–Crippen LogP) is -1.95. The van der Waals surface area contributed by atoms with E-state index in [1.54, 1.807) is 0 Å². The first kappa shape index (κ1) is 16.1. The SMILES string of the molecule is O=C(O)C(F)(F)F.OC1OC[C@@H](O)[C@H](O)[C@H]1O. The van der Waals surface area contributed by atoms with Crippen LogP contribution in [0.15, 0.2) is 0 Å². The van der Waals surface area contributed by atoms with E-state index in [9.17, 15) is 13.2 Å². The number of aliphatic hydroxyl groups is 4. The van der Waals surface area contributed by atoms with Crippen LogP contribution in [0.1, 0.15) is 0 Å². The van der Waals surface area contributed by atoms with Gasteiger partial charge in [0.1, 0.15) is 18.3 Å². The summed E-state index contributed by atoms with van der Waals surface area (Å²) in [6.07, 6.45) is -10.3. The second kappa shape index (κ2) is 6.12. The normalized spacial score (nSPS) is 33.6. The van der Waals surface area contributed by atoms with Crippen LogP contribution in [-0.2, 0) is 9.53 Å². The molecular weight excluding hydrogens is 253 g/mol. The maximum Gasteiger partial charge on any atom is 0.490 e. The Labute approximate surface area is 92.7 Å². The monoisotopic (exact) mass is 264 g/mol. The molecule has 0 amide bonds. The Hall–Kier alpha value is -0.940. The second-order valence-corrected chi connectivity index (χ2v) is 3.08. The fraction of sp³-hybridized carbons (Fsp3) is 0.857. The lowest BCUT2D eigenvalue weighted by Gasteiger charge is -2.31. The molecule has 4 atom stereocenters. The largest absolute Gasteiger partial charge is 0.490 e. The summed E-state index contributed by atoms with van der Waals surface area (Å²) in [5.74, 6) is -2.76. The summed E-state index contributed by atoms with van der Waals surface area (Å²) in [5.41, 5.74) is 0. The van der Waals surface area contributed by atoms with Gasteiger partial charge in [-0.1, -0.05) is 0 Å². The fourth-order valence-corrected chi connectivity index (χ4v) is 0.791. The van der Waals surface area contributed by atoms with Crippen LogP contribution in [0.3, 0.4) is 0 Å². The molecule has 1 fully saturated rings. The van der Waals surface area contributed by atoms with Crippen LogP contribution in [-0.4, -0.2) is 68.9 Å². The van der Waals surface area contributed by atoms with Crippen LogP contribution >= 0.6 is 0 Å². The standard InChI is InChI=1S/C5H10O5.C2HF3O2/c6-2-1-10-5(9)4(8)3(2)7;3-2(4,5)1(6)7/h2-9H,1H2;(H,6,7)/t2-,3+,4-,5?;/m1./s1. The zero-order chi connectivity index (χ0) is 13.8. The van der Waals surface area contributed by atoms with Gasteiger partial charge in [0.25, 0.3) is 0 Å². The fourth-order valence-electron chi connectivity index (χ4n) is 0.791. The topological polar surface area (TPSA) is 127 Å². The van der Waals surface area contributed by atoms with Crippen molar-refractivity contribution in [2.75, 3.05) is 6.61 Å². The lowest BCUT2D eigenvalue weighted by atomic mass is 10.1. The van der Waals surface area contributed by atoms with E-state index in [2.05, 4.69) is 4.74 Å². The summed E-state index contributed by atoms with van der Waals surface area (Å²) in [7, 11) is 0. The molecule has 0 aromatic carbocycles. The van der Waals surface area contributed by atoms with Crippen LogP contribution in [0.2, 0.25) is 0 Å². The van der Waals surface area contributed by atoms with E-state index in [4.69, 9.17) is 30.3 Å². The number of hydrogen-bond donors (Lipinski definition) is 5. The van der Waals surface area contributed by atoms with E-state index in [1.165, 1.54) is 0 Å². The lowest BCUT2D eigenvalue weighted by Crippen LogP contribution is -2.52. The van der Waals surface area contributed by atoms with Gasteiger partial charge in [-0.2, -0.15) is 13.2 Å². The zero-order valence-electron chi connectivity index (χ0n) is 8.20. The van der Waals surface area contributed by atoms with Crippen molar-refractivity contribution in [2.24, 2.45) is 0 Å². The van der Waals surface area contributed by atoms with Gasteiger partial charge < -0.3 is 30.3 Å². The number of rotatable bonds is 0. The molecule has 0 aromatic heterocycles. The molecule has 10 heteroatoms. The Morgan fingerprint density at radius 1 is 1.12 bits per heavy atom. The van der Waals surface area contributed by atoms with Crippen molar-refractivity contribution in [3.05, 3.63) is 0 Å². The summed E-state index contributed by atoms with van der Waals surface area (Å²) < 4.78 is 36.2. The lowest BCUT2D eigenvalue weighted by molar-refractivity contribution is -0.252. The Morgan fingerprint density at radius 3 is 1.82 bits per heavy atom. The molecule has 1 aliphatic rings. The van der Waals surface area contributed by atoms with Crippen molar-refractivity contribution < 1.29 is 48.2 Å². The molecule has 1 unspecified atom stereocenters. The first-order chi connectivity index (χ1) is 7.57. The van der Waals surface area contributed by atoms with E-state index in [0.29, 0.717) is 0 Å². The van der Waals surface area contributed by atoms with Gasteiger partial charge in [-0.3, -0.25) is 0 Å². The molecule has 0 saturated carbocycles. The summed E-state index contributed by atoms with van der Waals surface area (Å²) in [6.45, 7) is -0.153. The van der Waals surface area contributed by atoms with Crippen LogP contribution in [0.5, 0.6) is 0 Å². The highest BCUT2D eigenvalue weighted by atomic mass is 19.4. The number of carbonyl (C=O) groups is 1. The molecule has 0 spiro atoms. The van der Waals surface area contributed by atoms with Gasteiger partial charge >= 0.3 is 12.1 Å². The first-order valence-electron chi connectivity index (χ1n) is 4.21. The Bertz CT molecular complexity index is 242. The van der Waals surface area contributed by atoms with Crippen molar-refractivity contribution >= 4 is 5.97 Å². The summed E-state index contributed by atoms with van der Waals surface area (Å²) in [5, 5.41) is 42.4. The van der Waals surface area contributed by atoms with Crippen molar-refractivity contribution in [3.63, 3.8) is 0 Å². The highest BCUT2D eigenvalue weighted by Gasteiger charge is 2.38. The van der Waals surface area contributed by atoms with E-state index in [0.717, 1.165) is 0 Å². The predicted molar refractivity (Wildman–Crippen MR) is 43.7 cm³/mol. The highest BCUT2D eigenvalue weighted by Crippen LogP contribution is 2.13. The van der Waals surface area contributed by atoms with Gasteiger partial charge in [0.15, 0.2) is 6.29 Å². The molecule has 0 radical (unpaired) electrons. The number of ether oxygens (including phenoxy) is 1. The highest BCUT2D eigenvalue weighted by molar-refractivity contribution is 5.73. The van der Waals surface area contributed by atoms with E-state index >= 15 is 0 Å². The second-order valence-electron chi connectivity index (χ2n) is 3.08. The van der Waals surface area contributed by atoms with Crippen LogP contribution < -0.4 is 0 Å². The van der Waals surface area contributed by atoms with Gasteiger partial charge in [-0.25, -0.2) is 4.79 Å². The number of alkyl halides is 3. The maximum absolute atomic E-state index is 10.6. The van der Waals surface area contributed by atoms with Crippen LogP contribution in [0.4, 0.5) is 13.2 Å². The third-order valence-electron chi connectivity index (χ3n) is 1.72. The molecular formula is C7H11F3O7. The molecule has 0 bridgehead atoms. The minimum Gasteiger partial charge on any atom is -0.475 e. The summed E-state index contributed by atoms with van der Waals surface area (Å²) in [6, 6.07) is 0.